The molecule has 5 heteroatoms. The van der Waals surface area contributed by atoms with Crippen molar-refractivity contribution in [2.24, 2.45) is 5.84 Å². The van der Waals surface area contributed by atoms with E-state index in [1.54, 1.807) is 19.6 Å². The van der Waals surface area contributed by atoms with Gasteiger partial charge in [-0.3, -0.25) is 16.3 Å². The van der Waals surface area contributed by atoms with E-state index in [9.17, 15) is 0 Å². The first kappa shape index (κ1) is 13.6. The number of hydrazine groups is 1. The van der Waals surface area contributed by atoms with Crippen LogP contribution in [0.4, 0.5) is 0 Å². The summed E-state index contributed by atoms with van der Waals surface area (Å²) in [6.07, 6.45) is 5.82. The van der Waals surface area contributed by atoms with Crippen molar-refractivity contribution >= 4 is 0 Å². The average molecular weight is 261 g/mol. The molecule has 0 saturated heterocycles. The number of rotatable bonds is 5. The molecule has 2 rings (SSSR count). The molecule has 5 nitrogen and oxygen atoms in total. The number of aryl methyl sites for hydroxylation is 1. The van der Waals surface area contributed by atoms with Crippen LogP contribution in [0.15, 0.2) is 29.2 Å². The van der Waals surface area contributed by atoms with E-state index in [1.165, 1.54) is 0 Å². The highest BCUT2D eigenvalue weighted by atomic mass is 16.5. The van der Waals surface area contributed by atoms with E-state index >= 15 is 0 Å². The quantitative estimate of drug-likeness (QED) is 0.636. The van der Waals surface area contributed by atoms with Crippen LogP contribution in [-0.4, -0.2) is 12.1 Å². The molecule has 0 aliphatic carbocycles. The monoisotopic (exact) mass is 261 g/mol. The number of furan rings is 1. The molecule has 0 aliphatic rings. The van der Waals surface area contributed by atoms with Crippen LogP contribution in [0.3, 0.4) is 0 Å². The highest BCUT2D eigenvalue weighted by Gasteiger charge is 2.16. The number of aromatic nitrogens is 1. The molecule has 0 amide bonds. The van der Waals surface area contributed by atoms with Crippen molar-refractivity contribution in [1.29, 1.82) is 0 Å². The zero-order valence-electron chi connectivity index (χ0n) is 11.4. The molecule has 1 unspecified atom stereocenters. The Kier molecular flexibility index (Phi) is 4.19. The molecule has 0 fully saturated rings. The molecule has 0 saturated carbocycles. The Morgan fingerprint density at radius 1 is 1.47 bits per heavy atom. The van der Waals surface area contributed by atoms with E-state index in [0.29, 0.717) is 6.42 Å². The largest absolute Gasteiger partial charge is 0.496 e. The third-order valence-corrected chi connectivity index (χ3v) is 3.29. The summed E-state index contributed by atoms with van der Waals surface area (Å²) in [5.41, 5.74) is 6.84. The van der Waals surface area contributed by atoms with E-state index < -0.39 is 0 Å². The van der Waals surface area contributed by atoms with Gasteiger partial charge in [0.15, 0.2) is 0 Å². The highest BCUT2D eigenvalue weighted by molar-refractivity contribution is 5.41. The minimum Gasteiger partial charge on any atom is -0.496 e. The predicted octanol–water partition coefficient (Wildman–Crippen LogP) is 2.05. The topological polar surface area (TPSA) is 73.3 Å². The minimum absolute atomic E-state index is 0.0302. The standard InChI is InChI=1S/C14H19N3O2/c1-9-7-16-12(10(2)14(9)18-3)6-13(17-15)11-4-5-19-8-11/h4-5,7-8,13,17H,6,15H2,1-3H3. The number of hydrogen-bond donors (Lipinski definition) is 2. The zero-order valence-corrected chi connectivity index (χ0v) is 11.4. The zero-order chi connectivity index (χ0) is 13.8. The fourth-order valence-electron chi connectivity index (χ4n) is 2.22. The molecule has 2 aromatic rings. The molecule has 2 heterocycles. The summed E-state index contributed by atoms with van der Waals surface area (Å²) < 4.78 is 10.5. The lowest BCUT2D eigenvalue weighted by molar-refractivity contribution is 0.406. The molecule has 3 N–H and O–H groups in total. The lowest BCUT2D eigenvalue weighted by Gasteiger charge is -2.17. The molecule has 1 atom stereocenters. The van der Waals surface area contributed by atoms with Gasteiger partial charge in [-0.2, -0.15) is 0 Å². The second-order valence-corrected chi connectivity index (χ2v) is 4.53. The van der Waals surface area contributed by atoms with Crippen LogP contribution in [0, 0.1) is 13.8 Å². The van der Waals surface area contributed by atoms with Crippen LogP contribution in [0.5, 0.6) is 5.75 Å². The average Bonchev–Trinajstić information content (AvgIpc) is 2.92. The second kappa shape index (κ2) is 5.86. The Morgan fingerprint density at radius 3 is 2.84 bits per heavy atom. The maximum Gasteiger partial charge on any atom is 0.128 e. The van der Waals surface area contributed by atoms with E-state index in [1.807, 2.05) is 26.1 Å². The molecule has 0 radical (unpaired) electrons. The summed E-state index contributed by atoms with van der Waals surface area (Å²) in [5.74, 6) is 6.49. The number of nitrogens with one attached hydrogen (secondary N) is 1. The number of nitrogens with zero attached hydrogens (tertiary/aromatic N) is 1. The number of methoxy groups -OCH3 is 1. The Balaban J connectivity index is 2.28. The molecule has 0 bridgehead atoms. The third-order valence-electron chi connectivity index (χ3n) is 3.29. The molecular formula is C14H19N3O2. The van der Waals surface area contributed by atoms with Gasteiger partial charge in [-0.05, 0) is 19.9 Å². The van der Waals surface area contributed by atoms with Gasteiger partial charge in [0.25, 0.3) is 0 Å². The van der Waals surface area contributed by atoms with Gasteiger partial charge in [0.1, 0.15) is 5.75 Å². The van der Waals surface area contributed by atoms with Crippen LogP contribution < -0.4 is 16.0 Å². The van der Waals surface area contributed by atoms with Crippen LogP contribution in [0.25, 0.3) is 0 Å². The summed E-state index contributed by atoms with van der Waals surface area (Å²) in [6, 6.07) is 1.86. The first-order chi connectivity index (χ1) is 9.17. The summed E-state index contributed by atoms with van der Waals surface area (Å²) in [6.45, 7) is 3.99. The summed E-state index contributed by atoms with van der Waals surface area (Å²) in [7, 11) is 1.67. The third kappa shape index (κ3) is 2.77. The molecule has 2 aromatic heterocycles. The minimum atomic E-state index is -0.0302. The van der Waals surface area contributed by atoms with E-state index in [0.717, 1.165) is 28.1 Å². The van der Waals surface area contributed by atoms with Crippen LogP contribution in [0.2, 0.25) is 0 Å². The van der Waals surface area contributed by atoms with Crippen LogP contribution in [-0.2, 0) is 6.42 Å². The maximum atomic E-state index is 5.61. The smallest absolute Gasteiger partial charge is 0.128 e. The lowest BCUT2D eigenvalue weighted by atomic mass is 10.0. The van der Waals surface area contributed by atoms with Crippen molar-refractivity contribution in [2.75, 3.05) is 7.11 Å². The predicted molar refractivity (Wildman–Crippen MR) is 72.7 cm³/mol. The molecular weight excluding hydrogens is 242 g/mol. The SMILES string of the molecule is COc1c(C)cnc(CC(NN)c2ccoc2)c1C. The Hall–Kier alpha value is -1.85. The van der Waals surface area contributed by atoms with Crippen molar-refractivity contribution in [3.05, 3.63) is 47.2 Å². The van der Waals surface area contributed by atoms with Gasteiger partial charge in [0.05, 0.1) is 25.7 Å². The maximum absolute atomic E-state index is 5.61. The Morgan fingerprint density at radius 2 is 2.26 bits per heavy atom. The second-order valence-electron chi connectivity index (χ2n) is 4.53. The van der Waals surface area contributed by atoms with Crippen LogP contribution >= 0.6 is 0 Å². The van der Waals surface area contributed by atoms with Gasteiger partial charge >= 0.3 is 0 Å². The van der Waals surface area contributed by atoms with Gasteiger partial charge < -0.3 is 9.15 Å². The Bertz CT molecular complexity index is 538. The van der Waals surface area contributed by atoms with E-state index in [2.05, 4.69) is 10.4 Å². The van der Waals surface area contributed by atoms with Gasteiger partial charge in [-0.1, -0.05) is 0 Å². The molecule has 102 valence electrons. The Labute approximate surface area is 112 Å². The molecule has 0 spiro atoms. The van der Waals surface area contributed by atoms with Crippen molar-refractivity contribution in [3.8, 4) is 5.75 Å². The van der Waals surface area contributed by atoms with Crippen molar-refractivity contribution in [3.63, 3.8) is 0 Å². The van der Waals surface area contributed by atoms with Gasteiger partial charge in [-0.15, -0.1) is 0 Å². The fraction of sp³-hybridized carbons (Fsp3) is 0.357. The number of ether oxygens (including phenoxy) is 1. The first-order valence-corrected chi connectivity index (χ1v) is 6.14. The first-order valence-electron chi connectivity index (χ1n) is 6.14. The summed E-state index contributed by atoms with van der Waals surface area (Å²) >= 11 is 0. The van der Waals surface area contributed by atoms with Crippen molar-refractivity contribution in [1.82, 2.24) is 10.4 Å². The summed E-state index contributed by atoms with van der Waals surface area (Å²) in [4.78, 5) is 4.48. The van der Waals surface area contributed by atoms with Gasteiger partial charge in [0.2, 0.25) is 0 Å². The molecule has 19 heavy (non-hydrogen) atoms. The lowest BCUT2D eigenvalue weighted by Crippen LogP contribution is -2.29. The van der Waals surface area contributed by atoms with E-state index in [-0.39, 0.29) is 6.04 Å². The van der Waals surface area contributed by atoms with Gasteiger partial charge in [-0.25, -0.2) is 0 Å². The van der Waals surface area contributed by atoms with Gasteiger partial charge in [0, 0.05) is 35.0 Å². The number of nitrogens with two attached hydrogens (primary N) is 1. The summed E-state index contributed by atoms with van der Waals surface area (Å²) in [5, 5.41) is 0. The van der Waals surface area contributed by atoms with Crippen molar-refractivity contribution in [2.45, 2.75) is 26.3 Å². The van der Waals surface area contributed by atoms with Crippen LogP contribution in [0.1, 0.15) is 28.4 Å². The number of hydrogen-bond acceptors (Lipinski definition) is 5. The molecule has 0 aliphatic heterocycles. The highest BCUT2D eigenvalue weighted by Crippen LogP contribution is 2.27. The molecule has 0 aromatic carbocycles. The fourth-order valence-corrected chi connectivity index (χ4v) is 2.22. The normalized spacial score (nSPS) is 12.4. The van der Waals surface area contributed by atoms with Crippen molar-refractivity contribution < 1.29 is 9.15 Å². The van der Waals surface area contributed by atoms with E-state index in [4.69, 9.17) is 15.0 Å². The number of pyridine rings is 1.